The van der Waals surface area contributed by atoms with Crippen LogP contribution in [0.4, 0.5) is 0 Å². The summed E-state index contributed by atoms with van der Waals surface area (Å²) in [4.78, 5) is 0. The summed E-state index contributed by atoms with van der Waals surface area (Å²) in [7, 11) is 2.64. The van der Waals surface area contributed by atoms with Crippen molar-refractivity contribution < 1.29 is 5.11 Å². The van der Waals surface area contributed by atoms with Crippen LogP contribution in [0.5, 0.6) is 0 Å². The molecule has 11 heavy (non-hydrogen) atoms. The van der Waals surface area contributed by atoms with Crippen LogP contribution in [0.1, 0.15) is 19.3 Å². The molecule has 4 heteroatoms. The van der Waals surface area contributed by atoms with E-state index in [1.165, 1.54) is 0 Å². The molecule has 4 atom stereocenters. The molecule has 1 aliphatic carbocycles. The summed E-state index contributed by atoms with van der Waals surface area (Å²) >= 11 is 1.70. The average molecular weight is 193 g/mol. The molecule has 0 radical (unpaired) electrons. The average Bonchev–Trinajstić information content (AvgIpc) is 2.33. The molecule has 1 unspecified atom stereocenters. The lowest BCUT2D eigenvalue weighted by Crippen LogP contribution is -2.22. The van der Waals surface area contributed by atoms with E-state index < -0.39 is 0 Å². The lowest BCUT2D eigenvalue weighted by atomic mass is 10.0. The monoisotopic (exact) mass is 193 g/mol. The zero-order chi connectivity index (χ0) is 8.27. The fourth-order valence-corrected chi connectivity index (χ4v) is 3.77. The molecule has 0 aromatic rings. The van der Waals surface area contributed by atoms with Crippen LogP contribution in [0.3, 0.4) is 0 Å². The molecule has 1 saturated carbocycles. The molecule has 0 saturated heterocycles. The minimum atomic E-state index is -0.103. The van der Waals surface area contributed by atoms with Gasteiger partial charge >= 0.3 is 0 Å². The molecule has 0 aromatic heterocycles. The maximum atomic E-state index is 9.51. The van der Waals surface area contributed by atoms with Crippen LogP contribution >= 0.6 is 19.8 Å². The van der Waals surface area contributed by atoms with Crippen LogP contribution in [-0.4, -0.2) is 23.0 Å². The fraction of sp³-hybridized carbons (Fsp3) is 1.00. The van der Waals surface area contributed by atoms with E-state index in [-0.39, 0.29) is 6.10 Å². The standard InChI is InChI=1S/C7H16NOPS/c8-4-3-5-1-2-6(9)7(5)11-10/h5-7,9H,1-4,8,10H2/t5-,6-,7-/m0/s1. The summed E-state index contributed by atoms with van der Waals surface area (Å²) in [5.74, 6) is 0.637. The molecule has 3 N–H and O–H groups in total. The van der Waals surface area contributed by atoms with Crippen molar-refractivity contribution in [3.8, 4) is 0 Å². The predicted molar refractivity (Wildman–Crippen MR) is 53.5 cm³/mol. The first-order valence-corrected chi connectivity index (χ1v) is 6.39. The summed E-state index contributed by atoms with van der Waals surface area (Å²) in [5, 5.41) is 9.92. The van der Waals surface area contributed by atoms with Gasteiger partial charge in [-0.1, -0.05) is 8.44 Å². The molecular formula is C7H16NOPS. The highest BCUT2D eigenvalue weighted by atomic mass is 32.7. The highest BCUT2D eigenvalue weighted by molar-refractivity contribution is 8.44. The van der Waals surface area contributed by atoms with E-state index in [0.29, 0.717) is 11.2 Å². The number of hydrogen-bond donors (Lipinski definition) is 2. The molecule has 2 nitrogen and oxygen atoms in total. The van der Waals surface area contributed by atoms with E-state index in [4.69, 9.17) is 5.73 Å². The maximum Gasteiger partial charge on any atom is 0.0664 e. The molecule has 1 rings (SSSR count). The maximum absolute atomic E-state index is 9.51. The molecule has 1 aliphatic rings. The van der Waals surface area contributed by atoms with Gasteiger partial charge in [0.1, 0.15) is 0 Å². The summed E-state index contributed by atoms with van der Waals surface area (Å²) in [6, 6.07) is 0. The smallest absolute Gasteiger partial charge is 0.0664 e. The summed E-state index contributed by atoms with van der Waals surface area (Å²) < 4.78 is 0. The Morgan fingerprint density at radius 3 is 2.82 bits per heavy atom. The van der Waals surface area contributed by atoms with Crippen molar-refractivity contribution in [2.24, 2.45) is 11.7 Å². The third kappa shape index (κ3) is 2.32. The van der Waals surface area contributed by atoms with E-state index in [9.17, 15) is 5.11 Å². The number of nitrogens with two attached hydrogens (primary N) is 1. The van der Waals surface area contributed by atoms with E-state index in [1.807, 2.05) is 0 Å². The zero-order valence-electron chi connectivity index (χ0n) is 6.57. The number of rotatable bonds is 3. The molecule has 0 bridgehead atoms. The van der Waals surface area contributed by atoms with Gasteiger partial charge in [-0.05, 0) is 31.7 Å². The van der Waals surface area contributed by atoms with Gasteiger partial charge in [0.15, 0.2) is 0 Å². The fourth-order valence-electron chi connectivity index (χ4n) is 1.75. The second-order valence-corrected chi connectivity index (χ2v) is 4.72. The lowest BCUT2D eigenvalue weighted by molar-refractivity contribution is 0.183. The summed E-state index contributed by atoms with van der Waals surface area (Å²) in [6.07, 6.45) is 3.05. The van der Waals surface area contributed by atoms with Gasteiger partial charge in [0, 0.05) is 5.25 Å². The van der Waals surface area contributed by atoms with Crippen LogP contribution in [0.2, 0.25) is 0 Å². The van der Waals surface area contributed by atoms with E-state index in [0.717, 1.165) is 25.8 Å². The minimum absolute atomic E-state index is 0.103. The second kappa shape index (κ2) is 4.66. The summed E-state index contributed by atoms with van der Waals surface area (Å²) in [6.45, 7) is 0.749. The summed E-state index contributed by atoms with van der Waals surface area (Å²) in [5.41, 5.74) is 5.47. The Kier molecular flexibility index (Phi) is 4.14. The Morgan fingerprint density at radius 2 is 2.27 bits per heavy atom. The zero-order valence-corrected chi connectivity index (χ0v) is 8.54. The van der Waals surface area contributed by atoms with Crippen LogP contribution in [0, 0.1) is 5.92 Å². The van der Waals surface area contributed by atoms with Crippen LogP contribution < -0.4 is 5.73 Å². The van der Waals surface area contributed by atoms with Gasteiger partial charge in [-0.2, -0.15) is 0 Å². The molecule has 0 aliphatic heterocycles. The van der Waals surface area contributed by atoms with Gasteiger partial charge in [0.2, 0.25) is 0 Å². The number of aliphatic hydroxyl groups is 1. The van der Waals surface area contributed by atoms with E-state index in [1.54, 1.807) is 11.4 Å². The second-order valence-electron chi connectivity index (χ2n) is 3.08. The molecule has 66 valence electrons. The topological polar surface area (TPSA) is 46.2 Å². The quantitative estimate of drug-likeness (QED) is 0.657. The third-order valence-electron chi connectivity index (χ3n) is 2.37. The normalized spacial score (nSPS) is 37.9. The Balaban J connectivity index is 2.40. The van der Waals surface area contributed by atoms with Crippen molar-refractivity contribution in [1.29, 1.82) is 0 Å². The van der Waals surface area contributed by atoms with Crippen LogP contribution in [0.25, 0.3) is 0 Å². The van der Waals surface area contributed by atoms with Crippen molar-refractivity contribution in [2.75, 3.05) is 6.54 Å². The van der Waals surface area contributed by atoms with Crippen molar-refractivity contribution in [3.05, 3.63) is 0 Å². The molecule has 0 aromatic carbocycles. The van der Waals surface area contributed by atoms with Gasteiger partial charge in [-0.3, -0.25) is 0 Å². The molecule has 1 fully saturated rings. The van der Waals surface area contributed by atoms with Gasteiger partial charge in [-0.25, -0.2) is 0 Å². The number of aliphatic hydroxyl groups excluding tert-OH is 1. The minimum Gasteiger partial charge on any atom is -0.392 e. The van der Waals surface area contributed by atoms with Crippen LogP contribution in [-0.2, 0) is 0 Å². The predicted octanol–water partition coefficient (Wildman–Crippen LogP) is 0.998. The largest absolute Gasteiger partial charge is 0.392 e. The Morgan fingerprint density at radius 1 is 1.55 bits per heavy atom. The molecule has 0 spiro atoms. The first-order valence-electron chi connectivity index (χ1n) is 4.03. The first kappa shape index (κ1) is 9.79. The van der Waals surface area contributed by atoms with E-state index >= 15 is 0 Å². The van der Waals surface area contributed by atoms with Gasteiger partial charge in [0.05, 0.1) is 6.10 Å². The third-order valence-corrected chi connectivity index (χ3v) is 4.33. The highest BCUT2D eigenvalue weighted by Crippen LogP contribution is 2.39. The molecule has 0 amide bonds. The van der Waals surface area contributed by atoms with Crippen molar-refractivity contribution in [2.45, 2.75) is 30.6 Å². The number of hydrogen-bond acceptors (Lipinski definition) is 3. The lowest BCUT2D eigenvalue weighted by Gasteiger charge is -2.18. The Bertz CT molecular complexity index is 123. The highest BCUT2D eigenvalue weighted by Gasteiger charge is 2.33. The van der Waals surface area contributed by atoms with Crippen molar-refractivity contribution in [3.63, 3.8) is 0 Å². The van der Waals surface area contributed by atoms with Gasteiger partial charge in [0.25, 0.3) is 0 Å². The van der Waals surface area contributed by atoms with Gasteiger partial charge in [-0.15, -0.1) is 11.4 Å². The van der Waals surface area contributed by atoms with Crippen molar-refractivity contribution >= 4 is 19.8 Å². The molecule has 0 heterocycles. The Hall–Kier alpha value is 0.700. The first-order chi connectivity index (χ1) is 5.29. The van der Waals surface area contributed by atoms with Crippen LogP contribution in [0.15, 0.2) is 0 Å². The Labute approximate surface area is 74.3 Å². The SMILES string of the molecule is NCC[C@@H]1CC[C@H](O)[C@H]1SP. The van der Waals surface area contributed by atoms with Crippen molar-refractivity contribution in [1.82, 2.24) is 0 Å². The van der Waals surface area contributed by atoms with E-state index in [2.05, 4.69) is 8.44 Å². The molecular weight excluding hydrogens is 177 g/mol. The van der Waals surface area contributed by atoms with Gasteiger partial charge < -0.3 is 10.8 Å².